The van der Waals surface area contributed by atoms with Gasteiger partial charge in [0.2, 0.25) is 15.9 Å². The Morgan fingerprint density at radius 3 is 2.96 bits per heavy atom. The van der Waals surface area contributed by atoms with Gasteiger partial charge in [-0.15, -0.1) is 0 Å². The smallest absolute Gasteiger partial charge is 0.238 e. The van der Waals surface area contributed by atoms with E-state index in [0.29, 0.717) is 25.2 Å². The molecule has 0 spiro atoms. The molecular weight excluding hydrogens is 316 g/mol. The Morgan fingerprint density at radius 1 is 1.43 bits per heavy atom. The third-order valence-electron chi connectivity index (χ3n) is 3.88. The van der Waals surface area contributed by atoms with Crippen LogP contribution in [-0.2, 0) is 14.8 Å². The van der Waals surface area contributed by atoms with Crippen molar-refractivity contribution in [2.24, 2.45) is 0 Å². The molecule has 8 heteroatoms. The Balaban J connectivity index is 1.84. The molecule has 2 rings (SSSR count). The molecular formula is C15H24N4O3S. The van der Waals surface area contributed by atoms with Gasteiger partial charge in [0, 0.05) is 18.8 Å². The van der Waals surface area contributed by atoms with E-state index in [9.17, 15) is 13.2 Å². The topological polar surface area (TPSA) is 91.4 Å². The highest BCUT2D eigenvalue weighted by molar-refractivity contribution is 7.88. The van der Waals surface area contributed by atoms with E-state index < -0.39 is 10.0 Å². The molecule has 0 aliphatic carbocycles. The molecule has 0 bridgehead atoms. The Labute approximate surface area is 137 Å². The lowest BCUT2D eigenvalue weighted by molar-refractivity contribution is -0.118. The summed E-state index contributed by atoms with van der Waals surface area (Å²) in [6.45, 7) is 1.59. The number of nitrogens with zero attached hydrogens (tertiary/aromatic N) is 2. The van der Waals surface area contributed by atoms with E-state index >= 15 is 0 Å². The number of carbonyl (C=O) groups excluding carboxylic acids is 1. The van der Waals surface area contributed by atoms with Gasteiger partial charge in [0.1, 0.15) is 0 Å². The van der Waals surface area contributed by atoms with Gasteiger partial charge in [-0.2, -0.15) is 0 Å². The van der Waals surface area contributed by atoms with Crippen LogP contribution in [0, 0.1) is 0 Å². The molecule has 2 N–H and O–H groups in total. The number of likely N-dealkylation sites (tertiary alicyclic amines) is 1. The first kappa shape index (κ1) is 17.8. The van der Waals surface area contributed by atoms with E-state index in [1.807, 2.05) is 0 Å². The number of hydrogen-bond acceptors (Lipinski definition) is 5. The van der Waals surface area contributed by atoms with Crippen LogP contribution in [0.25, 0.3) is 0 Å². The normalized spacial score (nSPS) is 19.4. The van der Waals surface area contributed by atoms with E-state index in [2.05, 4.69) is 19.9 Å². The number of carbonyl (C=O) groups is 1. The molecule has 0 unspecified atom stereocenters. The quantitative estimate of drug-likeness (QED) is 0.766. The van der Waals surface area contributed by atoms with Gasteiger partial charge in [-0.3, -0.25) is 14.7 Å². The number of sulfonamides is 1. The zero-order valence-corrected chi connectivity index (χ0v) is 14.2. The molecule has 0 saturated carbocycles. The molecule has 1 saturated heterocycles. The molecule has 1 fully saturated rings. The molecule has 2 heterocycles. The second kappa shape index (κ2) is 8.37. The number of piperidine rings is 1. The molecule has 128 valence electrons. The number of anilines is 1. The largest absolute Gasteiger partial charge is 0.324 e. The highest BCUT2D eigenvalue weighted by Gasteiger charge is 2.24. The van der Waals surface area contributed by atoms with Crippen LogP contribution in [0.15, 0.2) is 24.5 Å². The van der Waals surface area contributed by atoms with Crippen LogP contribution in [0.2, 0.25) is 0 Å². The zero-order valence-electron chi connectivity index (χ0n) is 13.4. The predicted molar refractivity (Wildman–Crippen MR) is 89.5 cm³/mol. The number of nitrogens with one attached hydrogen (secondary N) is 2. The van der Waals surface area contributed by atoms with Crippen LogP contribution >= 0.6 is 0 Å². The standard InChI is InChI=1S/C15H24N4O3S/c1-23(21,22)17-9-7-14-6-2-3-10-19(14)12-15(20)18-13-5-4-8-16-11-13/h4-5,8,11,14,17H,2-3,6-7,9-10,12H2,1H3,(H,18,20)/t14-/m0/s1. The van der Waals surface area contributed by atoms with Crippen LogP contribution in [-0.4, -0.2) is 56.1 Å². The molecule has 1 aromatic heterocycles. The van der Waals surface area contributed by atoms with Gasteiger partial charge >= 0.3 is 0 Å². The van der Waals surface area contributed by atoms with Gasteiger partial charge in [-0.1, -0.05) is 6.42 Å². The average Bonchev–Trinajstić information content (AvgIpc) is 2.49. The third kappa shape index (κ3) is 6.64. The summed E-state index contributed by atoms with van der Waals surface area (Å²) in [6, 6.07) is 3.81. The maximum Gasteiger partial charge on any atom is 0.238 e. The number of pyridine rings is 1. The van der Waals surface area contributed by atoms with Crippen molar-refractivity contribution in [2.75, 3.05) is 31.2 Å². The fourth-order valence-corrected chi connectivity index (χ4v) is 3.32. The van der Waals surface area contributed by atoms with Crippen molar-refractivity contribution >= 4 is 21.6 Å². The van der Waals surface area contributed by atoms with Gasteiger partial charge in [0.15, 0.2) is 0 Å². The summed E-state index contributed by atoms with van der Waals surface area (Å²) < 4.78 is 24.8. The molecule has 1 aromatic rings. The van der Waals surface area contributed by atoms with Gasteiger partial charge in [-0.25, -0.2) is 13.1 Å². The first-order valence-electron chi connectivity index (χ1n) is 7.82. The summed E-state index contributed by atoms with van der Waals surface area (Å²) >= 11 is 0. The highest BCUT2D eigenvalue weighted by atomic mass is 32.2. The molecule has 23 heavy (non-hydrogen) atoms. The second-order valence-electron chi connectivity index (χ2n) is 5.87. The van der Waals surface area contributed by atoms with Gasteiger partial charge in [0.25, 0.3) is 0 Å². The van der Waals surface area contributed by atoms with Gasteiger partial charge in [0.05, 0.1) is 24.7 Å². The zero-order chi connectivity index (χ0) is 16.7. The molecule has 1 aliphatic rings. The lowest BCUT2D eigenvalue weighted by Gasteiger charge is -2.35. The second-order valence-corrected chi connectivity index (χ2v) is 7.70. The maximum atomic E-state index is 12.2. The highest BCUT2D eigenvalue weighted by Crippen LogP contribution is 2.19. The molecule has 1 amide bonds. The van der Waals surface area contributed by atoms with Crippen molar-refractivity contribution in [3.8, 4) is 0 Å². The van der Waals surface area contributed by atoms with Crippen molar-refractivity contribution in [3.63, 3.8) is 0 Å². The van der Waals surface area contributed by atoms with Crippen molar-refractivity contribution in [1.29, 1.82) is 0 Å². The Hall–Kier alpha value is -1.51. The van der Waals surface area contributed by atoms with E-state index in [0.717, 1.165) is 32.1 Å². The molecule has 0 aromatic carbocycles. The molecule has 1 aliphatic heterocycles. The number of amides is 1. The Kier molecular flexibility index (Phi) is 6.49. The lowest BCUT2D eigenvalue weighted by Crippen LogP contribution is -2.45. The van der Waals surface area contributed by atoms with Crippen molar-refractivity contribution in [3.05, 3.63) is 24.5 Å². The summed E-state index contributed by atoms with van der Waals surface area (Å²) in [6.07, 6.45) is 8.32. The minimum atomic E-state index is -3.16. The van der Waals surface area contributed by atoms with Crippen LogP contribution in [0.1, 0.15) is 25.7 Å². The lowest BCUT2D eigenvalue weighted by atomic mass is 9.99. The molecule has 0 radical (unpaired) electrons. The Morgan fingerprint density at radius 2 is 2.26 bits per heavy atom. The summed E-state index contributed by atoms with van der Waals surface area (Å²) in [5.74, 6) is -0.0685. The third-order valence-corrected chi connectivity index (χ3v) is 4.61. The van der Waals surface area contributed by atoms with E-state index in [4.69, 9.17) is 0 Å². The summed E-state index contributed by atoms with van der Waals surface area (Å²) in [4.78, 5) is 18.3. The SMILES string of the molecule is CS(=O)(=O)NCC[C@@H]1CCCCN1CC(=O)Nc1cccnc1. The summed E-state index contributed by atoms with van der Waals surface area (Å²) in [7, 11) is -3.16. The van der Waals surface area contributed by atoms with Crippen molar-refractivity contribution < 1.29 is 13.2 Å². The van der Waals surface area contributed by atoms with E-state index in [1.165, 1.54) is 0 Å². The summed E-state index contributed by atoms with van der Waals surface area (Å²) in [5, 5.41) is 2.84. The maximum absolute atomic E-state index is 12.2. The van der Waals surface area contributed by atoms with E-state index in [1.54, 1.807) is 24.5 Å². The van der Waals surface area contributed by atoms with Crippen LogP contribution in [0.5, 0.6) is 0 Å². The minimum Gasteiger partial charge on any atom is -0.324 e. The first-order valence-corrected chi connectivity index (χ1v) is 9.72. The fourth-order valence-electron chi connectivity index (χ4n) is 2.83. The fraction of sp³-hybridized carbons (Fsp3) is 0.600. The minimum absolute atomic E-state index is 0.0685. The van der Waals surface area contributed by atoms with Gasteiger partial charge < -0.3 is 5.32 Å². The van der Waals surface area contributed by atoms with Gasteiger partial charge in [-0.05, 0) is 37.9 Å². The summed E-state index contributed by atoms with van der Waals surface area (Å²) in [5.41, 5.74) is 0.685. The number of aromatic nitrogens is 1. The van der Waals surface area contributed by atoms with Crippen LogP contribution in [0.3, 0.4) is 0 Å². The van der Waals surface area contributed by atoms with E-state index in [-0.39, 0.29) is 11.9 Å². The molecule has 7 nitrogen and oxygen atoms in total. The Bertz CT molecular complexity index is 606. The number of rotatable bonds is 7. The van der Waals surface area contributed by atoms with Crippen molar-refractivity contribution in [1.82, 2.24) is 14.6 Å². The first-order chi connectivity index (χ1) is 10.9. The number of hydrogen-bond donors (Lipinski definition) is 2. The van der Waals surface area contributed by atoms with Crippen molar-refractivity contribution in [2.45, 2.75) is 31.7 Å². The van der Waals surface area contributed by atoms with Crippen LogP contribution in [0.4, 0.5) is 5.69 Å². The average molecular weight is 340 g/mol. The molecule has 1 atom stereocenters. The predicted octanol–water partition coefficient (Wildman–Crippen LogP) is 0.814. The monoisotopic (exact) mass is 340 g/mol. The van der Waals surface area contributed by atoms with Crippen LogP contribution < -0.4 is 10.0 Å².